The summed E-state index contributed by atoms with van der Waals surface area (Å²) in [4.78, 5) is 0. The minimum Gasteiger partial charge on any atom is -0.317 e. The molecule has 3 heteroatoms. The third kappa shape index (κ3) is 3.24. The van der Waals surface area contributed by atoms with Crippen LogP contribution in [0.15, 0.2) is 42.7 Å². The minimum atomic E-state index is 0.701. The van der Waals surface area contributed by atoms with Crippen molar-refractivity contribution in [2.45, 2.75) is 31.7 Å². The lowest BCUT2D eigenvalue weighted by Gasteiger charge is -2.21. The van der Waals surface area contributed by atoms with E-state index in [4.69, 9.17) is 0 Å². The van der Waals surface area contributed by atoms with Gasteiger partial charge in [-0.25, -0.2) is 0 Å². The van der Waals surface area contributed by atoms with Gasteiger partial charge in [0.2, 0.25) is 0 Å². The predicted molar refractivity (Wildman–Crippen MR) is 77.2 cm³/mol. The lowest BCUT2D eigenvalue weighted by molar-refractivity contribution is 0.460. The summed E-state index contributed by atoms with van der Waals surface area (Å²) in [6.45, 7) is 3.24. The first-order valence-corrected chi connectivity index (χ1v) is 7.19. The first kappa shape index (κ1) is 12.4. The fourth-order valence-electron chi connectivity index (χ4n) is 2.76. The lowest BCUT2D eigenvalue weighted by atomic mass is 9.93. The molecule has 3 nitrogen and oxygen atoms in total. The molecule has 0 spiro atoms. The Balaban J connectivity index is 1.58. The van der Waals surface area contributed by atoms with Crippen LogP contribution in [0.1, 0.15) is 29.9 Å². The van der Waals surface area contributed by atoms with E-state index >= 15 is 0 Å². The normalized spacial score (nSPS) is 16.6. The van der Waals surface area contributed by atoms with Crippen molar-refractivity contribution in [1.29, 1.82) is 0 Å². The van der Waals surface area contributed by atoms with Gasteiger partial charge in [-0.3, -0.25) is 4.68 Å². The van der Waals surface area contributed by atoms with Crippen molar-refractivity contribution in [3.8, 4) is 0 Å². The molecule has 1 fully saturated rings. The summed E-state index contributed by atoms with van der Waals surface area (Å²) in [5.74, 6) is 0.701. The fraction of sp³-hybridized carbons (Fsp3) is 0.438. The van der Waals surface area contributed by atoms with Gasteiger partial charge in [-0.05, 0) is 49.4 Å². The highest BCUT2D eigenvalue weighted by molar-refractivity contribution is 5.15. The van der Waals surface area contributed by atoms with E-state index in [1.165, 1.54) is 24.0 Å². The SMILES string of the molecule is c1ccc(CCn2cc(C3CCNCC3)cn2)cc1. The first-order valence-electron chi connectivity index (χ1n) is 7.19. The number of piperidine rings is 1. The van der Waals surface area contributed by atoms with Gasteiger partial charge < -0.3 is 5.32 Å². The summed E-state index contributed by atoms with van der Waals surface area (Å²) in [7, 11) is 0. The van der Waals surface area contributed by atoms with Crippen molar-refractivity contribution >= 4 is 0 Å². The van der Waals surface area contributed by atoms with E-state index in [2.05, 4.69) is 57.8 Å². The maximum atomic E-state index is 4.50. The summed E-state index contributed by atoms with van der Waals surface area (Å²) in [6.07, 6.45) is 7.82. The van der Waals surface area contributed by atoms with Crippen LogP contribution in [0.25, 0.3) is 0 Å². The largest absolute Gasteiger partial charge is 0.317 e. The molecule has 0 amide bonds. The quantitative estimate of drug-likeness (QED) is 0.910. The number of aryl methyl sites for hydroxylation is 2. The Kier molecular flexibility index (Phi) is 3.94. The zero-order valence-corrected chi connectivity index (χ0v) is 11.3. The average molecular weight is 255 g/mol. The van der Waals surface area contributed by atoms with Crippen molar-refractivity contribution in [3.05, 3.63) is 53.9 Å². The topological polar surface area (TPSA) is 29.9 Å². The van der Waals surface area contributed by atoms with Crippen molar-refractivity contribution in [2.24, 2.45) is 0 Å². The van der Waals surface area contributed by atoms with Crippen LogP contribution in [0.3, 0.4) is 0 Å². The third-order valence-electron chi connectivity index (χ3n) is 3.94. The molecule has 19 heavy (non-hydrogen) atoms. The molecule has 1 aliphatic heterocycles. The van der Waals surface area contributed by atoms with E-state index < -0.39 is 0 Å². The van der Waals surface area contributed by atoms with Crippen LogP contribution >= 0.6 is 0 Å². The second-order valence-corrected chi connectivity index (χ2v) is 5.30. The Morgan fingerprint density at radius 3 is 2.74 bits per heavy atom. The highest BCUT2D eigenvalue weighted by Gasteiger charge is 2.16. The molecule has 2 heterocycles. The molecule has 1 aliphatic rings. The molecule has 0 radical (unpaired) electrons. The Morgan fingerprint density at radius 1 is 1.16 bits per heavy atom. The maximum Gasteiger partial charge on any atom is 0.0524 e. The van der Waals surface area contributed by atoms with Crippen LogP contribution in [-0.4, -0.2) is 22.9 Å². The number of aromatic nitrogens is 2. The van der Waals surface area contributed by atoms with E-state index in [1.54, 1.807) is 0 Å². The molecule has 100 valence electrons. The number of nitrogens with one attached hydrogen (secondary N) is 1. The van der Waals surface area contributed by atoms with E-state index in [0.717, 1.165) is 26.1 Å². The van der Waals surface area contributed by atoms with Gasteiger partial charge >= 0.3 is 0 Å². The zero-order chi connectivity index (χ0) is 12.9. The van der Waals surface area contributed by atoms with Gasteiger partial charge in [0.05, 0.1) is 6.20 Å². The van der Waals surface area contributed by atoms with Crippen molar-refractivity contribution in [3.63, 3.8) is 0 Å². The first-order chi connectivity index (χ1) is 9.42. The summed E-state index contributed by atoms with van der Waals surface area (Å²) in [5, 5.41) is 7.91. The Labute approximate surface area is 114 Å². The molecule has 1 aromatic carbocycles. The second-order valence-electron chi connectivity index (χ2n) is 5.30. The number of rotatable bonds is 4. The Morgan fingerprint density at radius 2 is 1.95 bits per heavy atom. The Hall–Kier alpha value is -1.61. The zero-order valence-electron chi connectivity index (χ0n) is 11.3. The molecule has 1 saturated heterocycles. The highest BCUT2D eigenvalue weighted by Crippen LogP contribution is 2.24. The van der Waals surface area contributed by atoms with E-state index in [-0.39, 0.29) is 0 Å². The Bertz CT molecular complexity index is 498. The van der Waals surface area contributed by atoms with E-state index in [9.17, 15) is 0 Å². The van der Waals surface area contributed by atoms with Gasteiger partial charge in [-0.2, -0.15) is 5.10 Å². The summed E-state index contributed by atoms with van der Waals surface area (Å²) in [5.41, 5.74) is 2.79. The monoisotopic (exact) mass is 255 g/mol. The van der Waals surface area contributed by atoms with Gasteiger partial charge in [0.15, 0.2) is 0 Å². The van der Waals surface area contributed by atoms with Gasteiger partial charge in [0.1, 0.15) is 0 Å². The number of nitrogens with zero attached hydrogens (tertiary/aromatic N) is 2. The van der Waals surface area contributed by atoms with Crippen LogP contribution < -0.4 is 5.32 Å². The van der Waals surface area contributed by atoms with Crippen LogP contribution in [0.5, 0.6) is 0 Å². The van der Waals surface area contributed by atoms with Crippen molar-refractivity contribution < 1.29 is 0 Å². The van der Waals surface area contributed by atoms with Gasteiger partial charge in [0.25, 0.3) is 0 Å². The molecular formula is C16H21N3. The van der Waals surface area contributed by atoms with E-state index in [0.29, 0.717) is 5.92 Å². The molecule has 0 bridgehead atoms. The number of hydrogen-bond acceptors (Lipinski definition) is 2. The predicted octanol–water partition coefficient (Wildman–Crippen LogP) is 2.59. The highest BCUT2D eigenvalue weighted by atomic mass is 15.3. The molecule has 1 aromatic heterocycles. The summed E-state index contributed by atoms with van der Waals surface area (Å²) >= 11 is 0. The van der Waals surface area contributed by atoms with Gasteiger partial charge in [0, 0.05) is 12.7 Å². The van der Waals surface area contributed by atoms with Crippen LogP contribution in [0, 0.1) is 0 Å². The van der Waals surface area contributed by atoms with Crippen LogP contribution in [-0.2, 0) is 13.0 Å². The summed E-state index contributed by atoms with van der Waals surface area (Å²) < 4.78 is 2.09. The lowest BCUT2D eigenvalue weighted by Crippen LogP contribution is -2.26. The molecule has 0 unspecified atom stereocenters. The second kappa shape index (κ2) is 6.02. The number of hydrogen-bond donors (Lipinski definition) is 1. The molecular weight excluding hydrogens is 234 g/mol. The standard InChI is InChI=1S/C16H21N3/c1-2-4-14(5-3-1)8-11-19-13-16(12-18-19)15-6-9-17-10-7-15/h1-5,12-13,15,17H,6-11H2. The molecule has 0 aliphatic carbocycles. The molecule has 0 atom stereocenters. The molecule has 2 aromatic rings. The summed E-state index contributed by atoms with van der Waals surface area (Å²) in [6, 6.07) is 10.6. The number of benzene rings is 1. The van der Waals surface area contributed by atoms with Gasteiger partial charge in [-0.15, -0.1) is 0 Å². The maximum absolute atomic E-state index is 4.50. The van der Waals surface area contributed by atoms with Crippen LogP contribution in [0.2, 0.25) is 0 Å². The van der Waals surface area contributed by atoms with E-state index in [1.807, 2.05) is 0 Å². The van der Waals surface area contributed by atoms with Crippen molar-refractivity contribution in [2.75, 3.05) is 13.1 Å². The molecule has 0 saturated carbocycles. The van der Waals surface area contributed by atoms with Gasteiger partial charge in [-0.1, -0.05) is 30.3 Å². The average Bonchev–Trinajstić information content (AvgIpc) is 2.96. The minimum absolute atomic E-state index is 0.701. The smallest absolute Gasteiger partial charge is 0.0524 e. The van der Waals surface area contributed by atoms with Crippen LogP contribution in [0.4, 0.5) is 0 Å². The third-order valence-corrected chi connectivity index (χ3v) is 3.94. The van der Waals surface area contributed by atoms with Crippen molar-refractivity contribution in [1.82, 2.24) is 15.1 Å². The molecule has 3 rings (SSSR count). The fourth-order valence-corrected chi connectivity index (χ4v) is 2.76. The molecule has 1 N–H and O–H groups in total.